The first-order valence-corrected chi connectivity index (χ1v) is 7.63. The Hall–Kier alpha value is -2.33. The van der Waals surface area contributed by atoms with Gasteiger partial charge in [-0.1, -0.05) is 33.6 Å². The number of carbonyl (C=O) groups is 1. The number of hydrogen-bond donors (Lipinski definition) is 1. The Morgan fingerprint density at radius 1 is 1.14 bits per heavy atom. The second-order valence-corrected chi connectivity index (χ2v) is 5.94. The van der Waals surface area contributed by atoms with E-state index in [1.54, 1.807) is 6.08 Å². The first-order chi connectivity index (χ1) is 10.6. The van der Waals surface area contributed by atoms with Gasteiger partial charge in [-0.05, 0) is 49.4 Å². The van der Waals surface area contributed by atoms with Gasteiger partial charge in [0.15, 0.2) is 0 Å². The minimum atomic E-state index is -0.170. The zero-order valence-corrected chi connectivity index (χ0v) is 13.6. The van der Waals surface area contributed by atoms with Crippen molar-refractivity contribution < 1.29 is 9.53 Å². The maximum Gasteiger partial charge on any atom is 0.255 e. The van der Waals surface area contributed by atoms with Gasteiger partial charge in [-0.3, -0.25) is 4.79 Å². The highest BCUT2D eigenvalue weighted by atomic mass is 79.9. The van der Waals surface area contributed by atoms with E-state index in [0.29, 0.717) is 5.57 Å². The Bertz CT molecular complexity index is 776. The van der Waals surface area contributed by atoms with Gasteiger partial charge in [-0.25, -0.2) is 0 Å². The molecule has 0 radical (unpaired) electrons. The van der Waals surface area contributed by atoms with Crippen molar-refractivity contribution in [1.82, 2.24) is 0 Å². The van der Waals surface area contributed by atoms with Crippen LogP contribution in [0.3, 0.4) is 0 Å². The molecule has 110 valence electrons. The molecule has 0 unspecified atom stereocenters. The molecule has 1 aliphatic heterocycles. The van der Waals surface area contributed by atoms with Gasteiger partial charge in [0.2, 0.25) is 0 Å². The molecule has 0 saturated heterocycles. The molecule has 0 saturated carbocycles. The summed E-state index contributed by atoms with van der Waals surface area (Å²) in [6.07, 6.45) is 5.00. The number of carbonyl (C=O) groups excluding carboxylic acids is 1. The fourth-order valence-electron chi connectivity index (χ4n) is 2.12. The van der Waals surface area contributed by atoms with Gasteiger partial charge in [-0.2, -0.15) is 0 Å². The number of fused-ring (bicyclic) bond motifs is 1. The first-order valence-electron chi connectivity index (χ1n) is 6.84. The van der Waals surface area contributed by atoms with Gasteiger partial charge in [0, 0.05) is 21.3 Å². The highest BCUT2D eigenvalue weighted by molar-refractivity contribution is 9.10. The van der Waals surface area contributed by atoms with E-state index < -0.39 is 0 Å². The lowest BCUT2D eigenvalue weighted by molar-refractivity contribution is -0.112. The summed E-state index contributed by atoms with van der Waals surface area (Å²) in [5.74, 6) is 0.550. The van der Waals surface area contributed by atoms with E-state index in [0.717, 1.165) is 27.0 Å². The summed E-state index contributed by atoms with van der Waals surface area (Å²) in [5.41, 5.74) is 3.31. The molecule has 0 aliphatic carbocycles. The Morgan fingerprint density at radius 3 is 2.68 bits per heavy atom. The number of aryl methyl sites for hydroxylation is 1. The quantitative estimate of drug-likeness (QED) is 0.848. The van der Waals surface area contributed by atoms with Crippen molar-refractivity contribution in [3.63, 3.8) is 0 Å². The van der Waals surface area contributed by atoms with Crippen molar-refractivity contribution in [2.75, 3.05) is 5.32 Å². The molecule has 1 heterocycles. The van der Waals surface area contributed by atoms with Crippen molar-refractivity contribution in [1.29, 1.82) is 0 Å². The van der Waals surface area contributed by atoms with E-state index in [1.807, 2.05) is 55.5 Å². The summed E-state index contributed by atoms with van der Waals surface area (Å²) in [7, 11) is 0. The lowest BCUT2D eigenvalue weighted by Crippen LogP contribution is -2.13. The molecule has 22 heavy (non-hydrogen) atoms. The number of anilines is 1. The zero-order valence-electron chi connectivity index (χ0n) is 12.0. The molecule has 0 spiro atoms. The minimum absolute atomic E-state index is 0.170. The maximum absolute atomic E-state index is 12.4. The summed E-state index contributed by atoms with van der Waals surface area (Å²) in [6, 6.07) is 13.4. The Labute approximate surface area is 137 Å². The maximum atomic E-state index is 12.4. The molecule has 2 aromatic carbocycles. The third kappa shape index (κ3) is 3.28. The molecule has 4 heteroatoms. The van der Waals surface area contributed by atoms with Crippen molar-refractivity contribution in [3.8, 4) is 5.75 Å². The van der Waals surface area contributed by atoms with Crippen LogP contribution in [0.5, 0.6) is 5.75 Å². The molecule has 0 fully saturated rings. The highest BCUT2D eigenvalue weighted by Crippen LogP contribution is 2.28. The Kier molecular flexibility index (Phi) is 4.11. The zero-order chi connectivity index (χ0) is 15.5. The molecule has 3 rings (SSSR count). The number of benzene rings is 2. The van der Waals surface area contributed by atoms with Gasteiger partial charge in [0.25, 0.3) is 5.91 Å². The summed E-state index contributed by atoms with van der Waals surface area (Å²) in [6.45, 7) is 2.01. The summed E-state index contributed by atoms with van der Waals surface area (Å²) < 4.78 is 6.45. The predicted molar refractivity (Wildman–Crippen MR) is 91.7 cm³/mol. The first kappa shape index (κ1) is 14.6. The average Bonchev–Trinajstić information content (AvgIpc) is 2.71. The van der Waals surface area contributed by atoms with E-state index >= 15 is 0 Å². The Balaban J connectivity index is 1.86. The van der Waals surface area contributed by atoms with Crippen LogP contribution in [0.2, 0.25) is 0 Å². The number of amides is 1. The molecule has 1 N–H and O–H groups in total. The van der Waals surface area contributed by atoms with E-state index in [2.05, 4.69) is 21.2 Å². The topological polar surface area (TPSA) is 38.3 Å². The van der Waals surface area contributed by atoms with Crippen molar-refractivity contribution >= 4 is 33.6 Å². The summed E-state index contributed by atoms with van der Waals surface area (Å²) in [5, 5.41) is 2.89. The van der Waals surface area contributed by atoms with Crippen LogP contribution in [-0.2, 0) is 4.79 Å². The van der Waals surface area contributed by atoms with Crippen LogP contribution < -0.4 is 10.1 Å². The smallest absolute Gasteiger partial charge is 0.255 e. The molecule has 3 nitrogen and oxygen atoms in total. The van der Waals surface area contributed by atoms with Crippen LogP contribution in [0.25, 0.3) is 6.08 Å². The normalized spacial score (nSPS) is 12.7. The SMILES string of the molecule is Cc1ccc(NC(=O)C2=Cc3cc(Br)ccc3OC=C2)cc1. The fraction of sp³-hybridized carbons (Fsp3) is 0.0556. The standard InChI is InChI=1S/C18H14BrNO2/c1-12-2-5-16(6-3-12)20-18(21)13-8-9-22-17-7-4-15(19)11-14(17)10-13/h2-11H,1H3,(H,20,21). The number of ether oxygens (including phenoxy) is 1. The minimum Gasteiger partial charge on any atom is -0.464 e. The largest absolute Gasteiger partial charge is 0.464 e. The molecule has 0 aromatic heterocycles. The second kappa shape index (κ2) is 6.20. The lowest BCUT2D eigenvalue weighted by Gasteiger charge is -2.06. The number of halogens is 1. The van der Waals surface area contributed by atoms with Crippen molar-refractivity contribution in [2.24, 2.45) is 0 Å². The Morgan fingerprint density at radius 2 is 1.91 bits per heavy atom. The van der Waals surface area contributed by atoms with Crippen LogP contribution >= 0.6 is 15.9 Å². The van der Waals surface area contributed by atoms with Crippen LogP contribution in [0.15, 0.2) is 64.8 Å². The van der Waals surface area contributed by atoms with E-state index in [9.17, 15) is 4.79 Å². The number of hydrogen-bond acceptors (Lipinski definition) is 2. The highest BCUT2D eigenvalue weighted by Gasteiger charge is 2.12. The molecule has 1 amide bonds. The second-order valence-electron chi connectivity index (χ2n) is 5.02. The van der Waals surface area contributed by atoms with Gasteiger partial charge >= 0.3 is 0 Å². The molecule has 0 atom stereocenters. The van der Waals surface area contributed by atoms with E-state index in [4.69, 9.17) is 4.74 Å². The third-order valence-electron chi connectivity index (χ3n) is 3.30. The number of rotatable bonds is 2. The summed E-state index contributed by atoms with van der Waals surface area (Å²) >= 11 is 3.43. The van der Waals surface area contributed by atoms with Crippen LogP contribution in [-0.4, -0.2) is 5.91 Å². The van der Waals surface area contributed by atoms with Crippen molar-refractivity contribution in [3.05, 3.63) is 76.0 Å². The molecular weight excluding hydrogens is 342 g/mol. The third-order valence-corrected chi connectivity index (χ3v) is 3.79. The molecular formula is C18H14BrNO2. The van der Waals surface area contributed by atoms with Crippen LogP contribution in [0.4, 0.5) is 5.69 Å². The van der Waals surface area contributed by atoms with Gasteiger partial charge < -0.3 is 10.1 Å². The summed E-state index contributed by atoms with van der Waals surface area (Å²) in [4.78, 5) is 12.4. The fourth-order valence-corrected chi connectivity index (χ4v) is 2.50. The van der Waals surface area contributed by atoms with E-state index in [1.165, 1.54) is 6.26 Å². The van der Waals surface area contributed by atoms with Crippen LogP contribution in [0.1, 0.15) is 11.1 Å². The molecule has 0 bridgehead atoms. The van der Waals surface area contributed by atoms with E-state index in [-0.39, 0.29) is 5.91 Å². The monoisotopic (exact) mass is 355 g/mol. The van der Waals surface area contributed by atoms with Gasteiger partial charge in [0.05, 0.1) is 6.26 Å². The predicted octanol–water partition coefficient (Wildman–Crippen LogP) is 4.69. The molecule has 2 aromatic rings. The average molecular weight is 356 g/mol. The lowest BCUT2D eigenvalue weighted by atomic mass is 10.1. The van der Waals surface area contributed by atoms with Crippen LogP contribution in [0, 0.1) is 6.92 Å². The van der Waals surface area contributed by atoms with Crippen molar-refractivity contribution in [2.45, 2.75) is 6.92 Å². The van der Waals surface area contributed by atoms with Gasteiger partial charge in [-0.15, -0.1) is 0 Å². The van der Waals surface area contributed by atoms with Gasteiger partial charge in [0.1, 0.15) is 5.75 Å². The molecule has 1 aliphatic rings. The number of nitrogens with one attached hydrogen (secondary N) is 1.